The Balaban J connectivity index is 2.15. The van der Waals surface area contributed by atoms with Gasteiger partial charge in [0.15, 0.2) is 5.81 Å². The predicted molar refractivity (Wildman–Crippen MR) is 47.7 cm³/mol. The Bertz CT molecular complexity index is 245. The summed E-state index contributed by atoms with van der Waals surface area (Å²) in [6.07, 6.45) is 0.854. The first kappa shape index (κ1) is 8.75. The summed E-state index contributed by atoms with van der Waals surface area (Å²) in [4.78, 5) is 23.7. The maximum Gasteiger partial charge on any atom is 0.200 e. The number of ketones is 1. The predicted octanol–water partition coefficient (Wildman–Crippen LogP) is -0.721. The van der Waals surface area contributed by atoms with Crippen molar-refractivity contribution in [1.29, 1.82) is 0 Å². The normalized spacial score (nSPS) is 36.7. The Kier molecular flexibility index (Phi) is 1.91. The number of piperazine rings is 1. The van der Waals surface area contributed by atoms with E-state index in [1.807, 2.05) is 0 Å². The van der Waals surface area contributed by atoms with Gasteiger partial charge in [0.2, 0.25) is 7.85 Å². The van der Waals surface area contributed by atoms with Crippen LogP contribution in [0.5, 0.6) is 0 Å². The van der Waals surface area contributed by atoms with Gasteiger partial charge in [-0.1, -0.05) is 0 Å². The number of nitrogens with one attached hydrogen (secondary N) is 1. The van der Waals surface area contributed by atoms with Gasteiger partial charge < -0.3 is 10.2 Å². The fourth-order valence-corrected chi connectivity index (χ4v) is 2.31. The van der Waals surface area contributed by atoms with Gasteiger partial charge in [-0.05, 0) is 13.3 Å². The molecule has 0 spiro atoms. The third kappa shape index (κ3) is 1.27. The van der Waals surface area contributed by atoms with Gasteiger partial charge in [-0.3, -0.25) is 9.59 Å². The average molecular weight is 178 g/mol. The van der Waals surface area contributed by atoms with Crippen LogP contribution in [0.4, 0.5) is 4.79 Å². The molecule has 13 heavy (non-hydrogen) atoms. The highest BCUT2D eigenvalue weighted by Gasteiger charge is 2.46. The lowest BCUT2D eigenvalue weighted by Gasteiger charge is -2.32. The number of carbonyl (C=O) groups excluding carboxylic acids is 2. The van der Waals surface area contributed by atoms with Crippen molar-refractivity contribution in [2.75, 3.05) is 6.54 Å². The number of hydrogen-bond acceptors (Lipinski definition) is 3. The highest BCUT2D eigenvalue weighted by atomic mass is 16.2. The van der Waals surface area contributed by atoms with Crippen LogP contribution in [0.3, 0.4) is 0 Å². The summed E-state index contributed by atoms with van der Waals surface area (Å²) in [7, 11) is 5.19. The molecule has 1 amide bonds. The second-order valence-corrected chi connectivity index (χ2v) is 3.75. The van der Waals surface area contributed by atoms with Gasteiger partial charge in [0.25, 0.3) is 0 Å². The van der Waals surface area contributed by atoms with Gasteiger partial charge in [0, 0.05) is 12.6 Å². The summed E-state index contributed by atoms with van der Waals surface area (Å²) in [6, 6.07) is 0.0395. The van der Waals surface area contributed by atoms with Crippen LogP contribution in [-0.4, -0.2) is 49.0 Å². The Morgan fingerprint density at radius 2 is 2.23 bits per heavy atom. The van der Waals surface area contributed by atoms with Crippen molar-refractivity contribution < 1.29 is 9.59 Å². The van der Waals surface area contributed by atoms with E-state index in [1.165, 1.54) is 6.92 Å². The molecule has 0 aromatic rings. The molecule has 0 aliphatic carbocycles. The van der Waals surface area contributed by atoms with Crippen LogP contribution in [0.1, 0.15) is 13.3 Å². The smallest absolute Gasteiger partial charge is 0.200 e. The van der Waals surface area contributed by atoms with Crippen LogP contribution in [0.15, 0.2) is 0 Å². The van der Waals surface area contributed by atoms with E-state index in [4.69, 9.17) is 7.85 Å². The van der Waals surface area contributed by atoms with Crippen LogP contribution in [0.2, 0.25) is 0 Å². The number of hydrogen-bond donors (Lipinski definition) is 1. The van der Waals surface area contributed by atoms with Gasteiger partial charge in [0.05, 0.1) is 12.1 Å². The van der Waals surface area contributed by atoms with Gasteiger partial charge in [0.1, 0.15) is 5.78 Å². The Labute approximate surface area is 78.1 Å². The average Bonchev–Trinajstić information content (AvgIpc) is 2.60. The molecule has 2 heterocycles. The van der Waals surface area contributed by atoms with Crippen LogP contribution < -0.4 is 5.32 Å². The van der Waals surface area contributed by atoms with Gasteiger partial charge >= 0.3 is 0 Å². The minimum Gasteiger partial charge on any atom is -0.346 e. The summed E-state index contributed by atoms with van der Waals surface area (Å²) >= 11 is 0. The molecular formula is C8H11BN2O2. The molecule has 4 nitrogen and oxygen atoms in total. The van der Waals surface area contributed by atoms with E-state index in [0.29, 0.717) is 6.54 Å². The Morgan fingerprint density at radius 1 is 1.54 bits per heavy atom. The van der Waals surface area contributed by atoms with E-state index in [0.717, 1.165) is 6.42 Å². The second kappa shape index (κ2) is 2.84. The molecule has 0 aromatic carbocycles. The largest absolute Gasteiger partial charge is 0.346 e. The van der Waals surface area contributed by atoms with Gasteiger partial charge in [-0.15, -0.1) is 0 Å². The highest BCUT2D eigenvalue weighted by molar-refractivity contribution is 6.57. The molecule has 5 heteroatoms. The standard InChI is InChI=1S/C8H11BN2O2/c1-4(12)7-6-2-5(10-7)3-11(6)8(9)13/h5-7,10H,2-3H2,1H3/t5?,6?,7-/m1/s1. The lowest BCUT2D eigenvalue weighted by Crippen LogP contribution is -2.55. The fourth-order valence-electron chi connectivity index (χ4n) is 2.31. The van der Waals surface area contributed by atoms with Gasteiger partial charge in [-0.25, -0.2) is 0 Å². The third-order valence-electron chi connectivity index (χ3n) is 2.86. The molecule has 68 valence electrons. The van der Waals surface area contributed by atoms with Crippen molar-refractivity contribution in [3.8, 4) is 0 Å². The second-order valence-electron chi connectivity index (χ2n) is 3.75. The van der Waals surface area contributed by atoms with Crippen molar-refractivity contribution in [2.24, 2.45) is 0 Å². The van der Waals surface area contributed by atoms with E-state index in [9.17, 15) is 9.59 Å². The van der Waals surface area contributed by atoms with Crippen LogP contribution in [0.25, 0.3) is 0 Å². The molecule has 2 saturated heterocycles. The topological polar surface area (TPSA) is 49.4 Å². The molecule has 3 atom stereocenters. The molecule has 2 radical (unpaired) electrons. The first-order chi connectivity index (χ1) is 6.09. The summed E-state index contributed by atoms with van der Waals surface area (Å²) in [5, 5.41) is 3.18. The van der Waals surface area contributed by atoms with Crippen molar-refractivity contribution >= 4 is 19.4 Å². The Hall–Kier alpha value is -0.835. The minimum absolute atomic E-state index is 0.0139. The van der Waals surface area contributed by atoms with Crippen LogP contribution in [0, 0.1) is 0 Å². The molecule has 2 unspecified atom stereocenters. The molecule has 2 rings (SSSR count). The lowest BCUT2D eigenvalue weighted by atomic mass is 10.0. The minimum atomic E-state index is -0.416. The molecule has 2 aliphatic heterocycles. The summed E-state index contributed by atoms with van der Waals surface area (Å²) in [5.74, 6) is -0.335. The molecule has 0 saturated carbocycles. The lowest BCUT2D eigenvalue weighted by molar-refractivity contribution is -0.119. The number of amides is 1. The number of carbonyl (C=O) groups is 2. The fraction of sp³-hybridized carbons (Fsp3) is 0.750. The maximum atomic E-state index is 11.2. The number of nitrogens with zero attached hydrogens (tertiary/aromatic N) is 1. The van der Waals surface area contributed by atoms with E-state index in [-0.39, 0.29) is 23.9 Å². The zero-order chi connectivity index (χ0) is 9.59. The molecular weight excluding hydrogens is 167 g/mol. The molecule has 2 aliphatic rings. The van der Waals surface area contributed by atoms with Crippen molar-refractivity contribution in [2.45, 2.75) is 31.5 Å². The van der Waals surface area contributed by atoms with Crippen LogP contribution in [-0.2, 0) is 4.79 Å². The van der Waals surface area contributed by atoms with Crippen molar-refractivity contribution in [3.63, 3.8) is 0 Å². The third-order valence-corrected chi connectivity index (χ3v) is 2.86. The highest BCUT2D eigenvalue weighted by Crippen LogP contribution is 2.28. The molecule has 2 bridgehead atoms. The molecule has 1 N–H and O–H groups in total. The summed E-state index contributed by atoms with van der Waals surface area (Å²) < 4.78 is 0. The number of rotatable bonds is 1. The monoisotopic (exact) mass is 178 g/mol. The van der Waals surface area contributed by atoms with Crippen LogP contribution >= 0.6 is 0 Å². The van der Waals surface area contributed by atoms with E-state index >= 15 is 0 Å². The maximum absolute atomic E-state index is 11.2. The van der Waals surface area contributed by atoms with E-state index in [2.05, 4.69) is 5.32 Å². The Morgan fingerprint density at radius 3 is 2.69 bits per heavy atom. The van der Waals surface area contributed by atoms with E-state index in [1.54, 1.807) is 4.90 Å². The SMILES string of the molecule is [B]C(=O)N1CC2CC1[C@@H](C(C)=O)N2. The zero-order valence-corrected chi connectivity index (χ0v) is 7.49. The van der Waals surface area contributed by atoms with Crippen molar-refractivity contribution in [1.82, 2.24) is 10.2 Å². The quantitative estimate of drug-likeness (QED) is 0.539. The summed E-state index contributed by atoms with van der Waals surface area (Å²) in [5.41, 5.74) is 0. The summed E-state index contributed by atoms with van der Waals surface area (Å²) in [6.45, 7) is 2.18. The van der Waals surface area contributed by atoms with Gasteiger partial charge in [-0.2, -0.15) is 0 Å². The zero-order valence-electron chi connectivity index (χ0n) is 7.49. The number of fused-ring (bicyclic) bond motifs is 2. The first-order valence-electron chi connectivity index (χ1n) is 4.42. The molecule has 2 fully saturated rings. The molecule has 0 aromatic heterocycles. The number of likely N-dealkylation sites (tertiary alicyclic amines) is 1. The first-order valence-corrected chi connectivity index (χ1v) is 4.42. The number of Topliss-reactive ketones (excluding diaryl/α,β-unsaturated/α-hetero) is 1. The van der Waals surface area contributed by atoms with Crippen molar-refractivity contribution in [3.05, 3.63) is 0 Å². The van der Waals surface area contributed by atoms with E-state index < -0.39 is 5.81 Å².